The molecule has 0 saturated carbocycles. The molecular formula is C19H20F4N2O. The summed E-state index contributed by atoms with van der Waals surface area (Å²) in [5.41, 5.74) is 0.772. The van der Waals surface area contributed by atoms with E-state index in [4.69, 9.17) is 10.1 Å². The van der Waals surface area contributed by atoms with Crippen molar-refractivity contribution in [2.75, 3.05) is 13.6 Å². The zero-order valence-corrected chi connectivity index (χ0v) is 15.0. The van der Waals surface area contributed by atoms with Gasteiger partial charge in [-0.1, -0.05) is 0 Å². The Labute approximate surface area is 149 Å². The maximum Gasteiger partial charge on any atom is 0.419 e. The number of amidine groups is 1. The molecule has 2 rings (SSSR count). The van der Waals surface area contributed by atoms with Crippen LogP contribution < -0.4 is 4.74 Å². The molecule has 1 N–H and O–H groups in total. The van der Waals surface area contributed by atoms with E-state index < -0.39 is 17.6 Å². The molecule has 0 fully saturated rings. The van der Waals surface area contributed by atoms with E-state index in [9.17, 15) is 17.6 Å². The fourth-order valence-corrected chi connectivity index (χ4v) is 2.43. The Hall–Kier alpha value is -2.57. The molecule has 0 aliphatic rings. The van der Waals surface area contributed by atoms with E-state index in [2.05, 4.69) is 0 Å². The van der Waals surface area contributed by atoms with Gasteiger partial charge in [0.1, 0.15) is 23.2 Å². The second-order valence-electron chi connectivity index (χ2n) is 6.04. The average Bonchev–Trinajstić information content (AvgIpc) is 2.57. The van der Waals surface area contributed by atoms with Crippen molar-refractivity contribution in [1.29, 1.82) is 5.41 Å². The van der Waals surface area contributed by atoms with Crippen molar-refractivity contribution in [3.8, 4) is 11.5 Å². The molecule has 0 spiro atoms. The van der Waals surface area contributed by atoms with Crippen LogP contribution in [0, 0.1) is 25.1 Å². The van der Waals surface area contributed by atoms with E-state index in [1.165, 1.54) is 0 Å². The molecule has 140 valence electrons. The predicted octanol–water partition coefficient (Wildman–Crippen LogP) is 5.53. The number of rotatable bonds is 4. The van der Waals surface area contributed by atoms with Gasteiger partial charge in [-0.2, -0.15) is 13.2 Å². The zero-order chi connectivity index (χ0) is 19.6. The lowest BCUT2D eigenvalue weighted by atomic mass is 10.0. The summed E-state index contributed by atoms with van der Waals surface area (Å²) >= 11 is 0. The highest BCUT2D eigenvalue weighted by molar-refractivity contribution is 5.98. The van der Waals surface area contributed by atoms with Crippen LogP contribution in [0.4, 0.5) is 17.6 Å². The highest BCUT2D eigenvalue weighted by atomic mass is 19.4. The van der Waals surface area contributed by atoms with Crippen LogP contribution in [0.15, 0.2) is 30.3 Å². The molecule has 0 aromatic heterocycles. The smallest absolute Gasteiger partial charge is 0.419 e. The molecule has 26 heavy (non-hydrogen) atoms. The SMILES string of the molecule is CCN(C)C(=N)c1cc(C)c(Oc2ccc(F)c(C(F)(F)F)c2)cc1C. The van der Waals surface area contributed by atoms with Crippen LogP contribution in [-0.4, -0.2) is 24.3 Å². The summed E-state index contributed by atoms with van der Waals surface area (Å²) < 4.78 is 57.5. The Bertz CT molecular complexity index is 831. The van der Waals surface area contributed by atoms with Crippen LogP contribution in [0.5, 0.6) is 11.5 Å². The average molecular weight is 368 g/mol. The number of hydrogen-bond donors (Lipinski definition) is 1. The van der Waals surface area contributed by atoms with Gasteiger partial charge in [0.15, 0.2) is 0 Å². The lowest BCUT2D eigenvalue weighted by Gasteiger charge is -2.21. The minimum absolute atomic E-state index is 0.102. The van der Waals surface area contributed by atoms with Gasteiger partial charge >= 0.3 is 6.18 Å². The number of nitrogens with one attached hydrogen (secondary N) is 1. The normalized spacial score (nSPS) is 11.4. The largest absolute Gasteiger partial charge is 0.457 e. The second-order valence-corrected chi connectivity index (χ2v) is 6.04. The molecule has 0 unspecified atom stereocenters. The Morgan fingerprint density at radius 1 is 1.12 bits per heavy atom. The van der Waals surface area contributed by atoms with E-state index in [0.29, 0.717) is 35.3 Å². The molecule has 0 amide bonds. The van der Waals surface area contributed by atoms with Gasteiger partial charge in [0, 0.05) is 19.2 Å². The molecule has 0 heterocycles. The molecular weight excluding hydrogens is 348 g/mol. The number of halogens is 4. The number of benzene rings is 2. The van der Waals surface area contributed by atoms with Crippen molar-refractivity contribution in [2.24, 2.45) is 0 Å². The monoisotopic (exact) mass is 368 g/mol. The minimum Gasteiger partial charge on any atom is -0.457 e. The Morgan fingerprint density at radius 2 is 1.77 bits per heavy atom. The predicted molar refractivity (Wildman–Crippen MR) is 92.5 cm³/mol. The van der Waals surface area contributed by atoms with Crippen molar-refractivity contribution in [2.45, 2.75) is 26.9 Å². The highest BCUT2D eigenvalue weighted by Gasteiger charge is 2.34. The lowest BCUT2D eigenvalue weighted by Crippen LogP contribution is -2.27. The van der Waals surface area contributed by atoms with Crippen molar-refractivity contribution < 1.29 is 22.3 Å². The maximum atomic E-state index is 13.4. The minimum atomic E-state index is -4.79. The van der Waals surface area contributed by atoms with Crippen molar-refractivity contribution >= 4 is 5.84 Å². The first kappa shape index (κ1) is 19.8. The van der Waals surface area contributed by atoms with Gasteiger partial charge in [0.25, 0.3) is 0 Å². The Balaban J connectivity index is 2.37. The van der Waals surface area contributed by atoms with Gasteiger partial charge in [0.2, 0.25) is 0 Å². The third-order valence-corrected chi connectivity index (χ3v) is 4.10. The highest BCUT2D eigenvalue weighted by Crippen LogP contribution is 2.35. The van der Waals surface area contributed by atoms with Crippen molar-refractivity contribution in [3.05, 3.63) is 58.4 Å². The van der Waals surface area contributed by atoms with Gasteiger partial charge in [-0.25, -0.2) is 4.39 Å². The van der Waals surface area contributed by atoms with Gasteiger partial charge in [-0.3, -0.25) is 5.41 Å². The first-order valence-electron chi connectivity index (χ1n) is 8.00. The van der Waals surface area contributed by atoms with Crippen LogP contribution in [0.1, 0.15) is 29.2 Å². The molecule has 7 heteroatoms. The summed E-state index contributed by atoms with van der Waals surface area (Å²) in [6, 6.07) is 5.96. The molecule has 2 aromatic carbocycles. The molecule has 0 aliphatic carbocycles. The van der Waals surface area contributed by atoms with E-state index in [0.717, 1.165) is 17.7 Å². The van der Waals surface area contributed by atoms with E-state index >= 15 is 0 Å². The summed E-state index contributed by atoms with van der Waals surface area (Å²) in [4.78, 5) is 1.78. The quantitative estimate of drug-likeness (QED) is 0.438. The van der Waals surface area contributed by atoms with E-state index in [1.807, 2.05) is 6.92 Å². The summed E-state index contributed by atoms with van der Waals surface area (Å²) in [6.07, 6.45) is -4.79. The van der Waals surface area contributed by atoms with Gasteiger partial charge < -0.3 is 9.64 Å². The summed E-state index contributed by atoms with van der Waals surface area (Å²) in [6.45, 7) is 6.14. The number of hydrogen-bond acceptors (Lipinski definition) is 2. The fourth-order valence-electron chi connectivity index (χ4n) is 2.43. The fraction of sp³-hybridized carbons (Fsp3) is 0.316. The molecule has 3 nitrogen and oxygen atoms in total. The third kappa shape index (κ3) is 4.15. The number of nitrogens with zero attached hydrogens (tertiary/aromatic N) is 1. The number of ether oxygens (including phenoxy) is 1. The summed E-state index contributed by atoms with van der Waals surface area (Å²) in [7, 11) is 1.80. The molecule has 0 bridgehead atoms. The Morgan fingerprint density at radius 3 is 2.35 bits per heavy atom. The standard InChI is InChI=1S/C19H20F4N2O/c1-5-25(4)18(24)14-8-12(3)17(9-11(14)2)26-13-6-7-16(20)15(10-13)19(21,22)23/h6-10,24H,5H2,1-4H3. The van der Waals surface area contributed by atoms with Gasteiger partial charge in [-0.05, 0) is 62.2 Å². The third-order valence-electron chi connectivity index (χ3n) is 4.10. The van der Waals surface area contributed by atoms with Crippen LogP contribution >= 0.6 is 0 Å². The van der Waals surface area contributed by atoms with Crippen LogP contribution in [0.2, 0.25) is 0 Å². The number of aryl methyl sites for hydroxylation is 2. The van der Waals surface area contributed by atoms with Crippen LogP contribution in [0.3, 0.4) is 0 Å². The first-order chi connectivity index (χ1) is 12.0. The van der Waals surface area contributed by atoms with Crippen molar-refractivity contribution in [1.82, 2.24) is 4.90 Å². The van der Waals surface area contributed by atoms with Crippen molar-refractivity contribution in [3.63, 3.8) is 0 Å². The molecule has 2 aromatic rings. The van der Waals surface area contributed by atoms with Gasteiger partial charge in [0.05, 0.1) is 5.56 Å². The van der Waals surface area contributed by atoms with E-state index in [-0.39, 0.29) is 5.75 Å². The van der Waals surface area contributed by atoms with Gasteiger partial charge in [-0.15, -0.1) is 0 Å². The number of alkyl halides is 3. The maximum absolute atomic E-state index is 13.4. The topological polar surface area (TPSA) is 36.3 Å². The second kappa shape index (κ2) is 7.35. The zero-order valence-electron chi connectivity index (χ0n) is 15.0. The summed E-state index contributed by atoms with van der Waals surface area (Å²) in [5.74, 6) is -0.738. The van der Waals surface area contributed by atoms with Crippen LogP contribution in [-0.2, 0) is 6.18 Å². The molecule has 0 atom stereocenters. The lowest BCUT2D eigenvalue weighted by molar-refractivity contribution is -0.140. The molecule has 0 radical (unpaired) electrons. The van der Waals surface area contributed by atoms with E-state index in [1.54, 1.807) is 37.9 Å². The molecule has 0 saturated heterocycles. The summed E-state index contributed by atoms with van der Waals surface area (Å²) in [5, 5.41) is 8.20. The van der Waals surface area contributed by atoms with Crippen LogP contribution in [0.25, 0.3) is 0 Å². The first-order valence-corrected chi connectivity index (χ1v) is 8.00. The Kier molecular flexibility index (Phi) is 5.59. The molecule has 0 aliphatic heterocycles.